The van der Waals surface area contributed by atoms with Gasteiger partial charge in [-0.15, -0.1) is 0 Å². The lowest BCUT2D eigenvalue weighted by atomic mass is 9.76. The van der Waals surface area contributed by atoms with Crippen LogP contribution in [0.1, 0.15) is 159 Å². The maximum absolute atomic E-state index is 13.9. The summed E-state index contributed by atoms with van der Waals surface area (Å²) in [6.07, 6.45) is 20.9. The second-order valence-corrected chi connectivity index (χ2v) is 35.8. The Balaban J connectivity index is 0.000000192. The average molecular weight is 1730 g/mol. The molecule has 9 atom stereocenters. The molecule has 0 bridgehead atoms. The molecule has 0 fully saturated rings. The predicted octanol–water partition coefficient (Wildman–Crippen LogP) is 10.4. The molecule has 6 aromatic carbocycles. The van der Waals surface area contributed by atoms with Crippen molar-refractivity contribution in [3.05, 3.63) is 268 Å². The molecule has 3 aliphatic carbocycles. The minimum atomic E-state index is -4.00. The summed E-state index contributed by atoms with van der Waals surface area (Å²) in [6, 6.07) is 42.0. The molecule has 8 unspecified atom stereocenters. The number of phenolic OH excluding ortho intramolecular Hbond substituents is 1. The number of nitrogens with two attached hydrogens (primary N) is 1. The summed E-state index contributed by atoms with van der Waals surface area (Å²) in [5.41, 5.74) is 16.2. The number of halogens is 3. The topological polar surface area (TPSA) is 387 Å². The standard InChI is InChI=1S/C31H37FN4O5S.C30H35FN4O5S.C29H35FN4O4S/c1-21(37)35-29(10-5-6-17-34-42(39,40)30-11-4-3-9-27(30)32)31(38)36-28-15-12-23-19-24(41-2)13-14-25(23)26(28)18-22-8-7-16-33-20-22;1-20(36)34-28(9-4-5-16-33-41(39,40)29-10-3-2-8-26(29)31)30(38)35-27-14-11-22-18-23(37)12-13-24(22)25(27)17-21-7-6-15-32-19-21;1-38-22-12-13-23-21(18-22)11-14-27(24(23)17-20-7-6-15-32-19-20)34-29(35)26(31)9-4-5-16-33-39(36,37)28-10-3-2-8-25(28)30/h3-4,7-9,11,13-14,16,19-20,26,28-29,34H,5-6,10,12,15,17-18H2,1-2H3,(H,35,37)(H,36,38);2-3,6-8,10,12-13,15,18-19,25,27-28,33,37H,4-5,9,11,14,16-17H2,1H3,(H,34,36)(H,35,38);2-3,6-8,10,12-13,15,18-19,24,26-27,33H,4-5,9,11,14,16-17,31H2,1H3,(H,34,35)/t;25?,27?,28-;/m.0./s1. The molecule has 3 aromatic heterocycles. The van der Waals surface area contributed by atoms with Gasteiger partial charge in [0.05, 0.1) is 20.3 Å². The summed E-state index contributed by atoms with van der Waals surface area (Å²) in [7, 11) is -8.64. The highest BCUT2D eigenvalue weighted by Gasteiger charge is 2.37. The van der Waals surface area contributed by atoms with Crippen LogP contribution in [-0.2, 0) is 92.6 Å². The number of rotatable bonds is 37. The molecule has 3 heterocycles. The molecular formula is C90H107F3N12O14S3. The first-order valence-electron chi connectivity index (χ1n) is 40.9. The number of nitrogens with one attached hydrogen (secondary N) is 8. The van der Waals surface area contributed by atoms with Gasteiger partial charge in [-0.05, 0) is 250 Å². The Bertz CT molecular complexity index is 5370. The Labute approximate surface area is 711 Å². The summed E-state index contributed by atoms with van der Waals surface area (Å²) in [5, 5.41) is 25.0. The quantitative estimate of drug-likeness (QED) is 0.0162. The highest BCUT2D eigenvalue weighted by molar-refractivity contribution is 7.90. The molecule has 0 spiro atoms. The maximum atomic E-state index is 13.9. The van der Waals surface area contributed by atoms with Crippen molar-refractivity contribution in [3.63, 3.8) is 0 Å². The van der Waals surface area contributed by atoms with Crippen molar-refractivity contribution in [3.8, 4) is 17.2 Å². The number of fused-ring (bicyclic) bond motifs is 3. The minimum absolute atomic E-state index is 0.00132. The lowest BCUT2D eigenvalue weighted by Gasteiger charge is -2.35. The number of methoxy groups -OCH3 is 2. The fourth-order valence-electron chi connectivity index (χ4n) is 15.8. The number of nitrogens with zero attached hydrogens (tertiary/aromatic N) is 3. The van der Waals surface area contributed by atoms with Crippen molar-refractivity contribution in [1.82, 2.24) is 55.7 Å². The molecule has 0 aliphatic heterocycles. The third kappa shape index (κ3) is 27.0. The van der Waals surface area contributed by atoms with Crippen LogP contribution in [0.4, 0.5) is 13.2 Å². The smallest absolute Gasteiger partial charge is 0.243 e. The Hall–Kier alpha value is -11.0. The van der Waals surface area contributed by atoms with E-state index in [0.717, 1.165) is 95.2 Å². The van der Waals surface area contributed by atoms with E-state index in [2.05, 4.69) is 73.9 Å². The summed E-state index contributed by atoms with van der Waals surface area (Å²) >= 11 is 0. The average Bonchev–Trinajstić information content (AvgIpc) is 0.796. The van der Waals surface area contributed by atoms with Crippen LogP contribution in [0.15, 0.2) is 216 Å². The molecule has 3 aliphatic rings. The lowest BCUT2D eigenvalue weighted by molar-refractivity contribution is -0.129. The number of amides is 5. The van der Waals surface area contributed by atoms with E-state index in [1.807, 2.05) is 73.1 Å². The first-order valence-corrected chi connectivity index (χ1v) is 45.3. The number of sulfonamides is 3. The predicted molar refractivity (Wildman–Crippen MR) is 456 cm³/mol. The number of carbonyl (C=O) groups is 5. The zero-order valence-electron chi connectivity index (χ0n) is 68.6. The SMILES string of the molecule is CC(=O)N[C@@H](CCCCNS(=O)(=O)c1ccccc1F)C(=O)NC1CCc2cc(O)ccc2C1Cc1cccnc1.COc1ccc2c(c1)CCC(NC(=O)C(CCCCNS(=O)(=O)c1ccccc1F)NC(C)=O)C2Cc1cccnc1.COc1ccc2c(c1)CCC(NC(=O)C(N)CCCCNS(=O)(=O)c1ccccc1F)C2Cc1cccnc1. The van der Waals surface area contributed by atoms with Gasteiger partial charge in [0.15, 0.2) is 0 Å². The molecule has 0 saturated carbocycles. The number of hydrogen-bond acceptors (Lipinski definition) is 18. The first kappa shape index (κ1) is 93.3. The van der Waals surface area contributed by atoms with Crippen molar-refractivity contribution in [2.75, 3.05) is 33.9 Å². The normalized spacial score (nSPS) is 17.4. The van der Waals surface area contributed by atoms with Crippen LogP contribution >= 0.6 is 0 Å². The van der Waals surface area contributed by atoms with Crippen molar-refractivity contribution in [2.45, 2.75) is 198 Å². The Morgan fingerprint density at radius 3 is 1.09 bits per heavy atom. The van der Waals surface area contributed by atoms with Gasteiger partial charge < -0.3 is 46.9 Å². The van der Waals surface area contributed by atoms with Gasteiger partial charge in [0, 0.05) is 107 Å². The van der Waals surface area contributed by atoms with Crippen LogP contribution in [0, 0.1) is 17.5 Å². The largest absolute Gasteiger partial charge is 0.508 e. The first-order chi connectivity index (χ1) is 58.6. The molecule has 0 radical (unpaired) electrons. The minimum Gasteiger partial charge on any atom is -0.508 e. The number of pyridine rings is 3. The molecule has 12 rings (SSSR count). The number of aryl methyl sites for hydroxylation is 3. The molecule has 11 N–H and O–H groups in total. The number of benzene rings is 6. The number of unbranched alkanes of at least 4 members (excludes halogenated alkanes) is 3. The fourth-order valence-corrected chi connectivity index (χ4v) is 19.3. The van der Waals surface area contributed by atoms with E-state index in [1.165, 1.54) is 85.1 Å². The molecule has 0 saturated heterocycles. The van der Waals surface area contributed by atoms with Crippen molar-refractivity contribution in [2.24, 2.45) is 5.73 Å². The number of phenols is 1. The van der Waals surface area contributed by atoms with E-state index in [9.17, 15) is 67.5 Å². The van der Waals surface area contributed by atoms with Gasteiger partial charge in [-0.25, -0.2) is 52.6 Å². The fraction of sp³-hybridized carbons (Fsp3) is 0.378. The zero-order chi connectivity index (χ0) is 87.4. The van der Waals surface area contributed by atoms with Crippen molar-refractivity contribution < 1.29 is 77.0 Å². The third-order valence-electron chi connectivity index (χ3n) is 21.9. The molecule has 9 aromatic rings. The monoisotopic (exact) mass is 1730 g/mol. The van der Waals surface area contributed by atoms with Crippen LogP contribution in [0.2, 0.25) is 0 Å². The highest BCUT2D eigenvalue weighted by Crippen LogP contribution is 2.40. The van der Waals surface area contributed by atoms with E-state index in [4.69, 9.17) is 15.2 Å². The van der Waals surface area contributed by atoms with Crippen molar-refractivity contribution >= 4 is 59.6 Å². The van der Waals surface area contributed by atoms with Crippen LogP contribution < -0.4 is 56.0 Å². The summed E-state index contributed by atoms with van der Waals surface area (Å²) in [6.45, 7) is 2.96. The van der Waals surface area contributed by atoms with E-state index in [1.54, 1.807) is 51.1 Å². The number of ether oxygens (including phenoxy) is 2. The van der Waals surface area contributed by atoms with Gasteiger partial charge in [-0.3, -0.25) is 38.9 Å². The number of carbonyl (C=O) groups excluding carboxylic acids is 5. The summed E-state index contributed by atoms with van der Waals surface area (Å²) in [4.78, 5) is 75.3. The van der Waals surface area contributed by atoms with Crippen molar-refractivity contribution in [1.29, 1.82) is 0 Å². The highest BCUT2D eigenvalue weighted by atomic mass is 32.2. The van der Waals surface area contributed by atoms with Gasteiger partial charge >= 0.3 is 0 Å². The molecule has 5 amide bonds. The van der Waals surface area contributed by atoms with E-state index >= 15 is 0 Å². The molecule has 650 valence electrons. The van der Waals surface area contributed by atoms with Crippen LogP contribution in [-0.4, -0.2) is 145 Å². The summed E-state index contributed by atoms with van der Waals surface area (Å²) in [5.74, 6) is -2.12. The van der Waals surface area contributed by atoms with Crippen LogP contribution in [0.3, 0.4) is 0 Å². The molecule has 122 heavy (non-hydrogen) atoms. The maximum Gasteiger partial charge on any atom is 0.243 e. The van der Waals surface area contributed by atoms with Gasteiger partial charge in [0.2, 0.25) is 59.6 Å². The zero-order valence-corrected chi connectivity index (χ0v) is 71.1. The van der Waals surface area contributed by atoms with Crippen LogP contribution in [0.25, 0.3) is 0 Å². The number of aromatic nitrogens is 3. The number of hydrogen-bond donors (Lipinski definition) is 10. The lowest BCUT2D eigenvalue weighted by Crippen LogP contribution is -2.51. The molecule has 26 nitrogen and oxygen atoms in total. The van der Waals surface area contributed by atoms with Gasteiger partial charge in [-0.2, -0.15) is 0 Å². The van der Waals surface area contributed by atoms with Crippen LogP contribution in [0.5, 0.6) is 17.2 Å². The van der Waals surface area contributed by atoms with Gasteiger partial charge in [0.1, 0.15) is 61.5 Å². The van der Waals surface area contributed by atoms with Gasteiger partial charge in [-0.1, -0.05) is 79.2 Å². The molecule has 32 heteroatoms. The van der Waals surface area contributed by atoms with E-state index in [0.29, 0.717) is 83.5 Å². The van der Waals surface area contributed by atoms with E-state index < -0.39 is 75.4 Å². The van der Waals surface area contributed by atoms with Gasteiger partial charge in [0.25, 0.3) is 0 Å². The second-order valence-electron chi connectivity index (χ2n) is 30.6. The number of aromatic hydroxyl groups is 1. The second kappa shape index (κ2) is 45.2. The Kier molecular flexibility index (Phi) is 34.6. The Morgan fingerprint density at radius 1 is 0.434 bits per heavy atom. The molecular weight excluding hydrogens is 1630 g/mol. The third-order valence-corrected chi connectivity index (χ3v) is 26.4. The van der Waals surface area contributed by atoms with E-state index in [-0.39, 0.29) is 95.7 Å². The Morgan fingerprint density at radius 2 is 0.762 bits per heavy atom. The summed E-state index contributed by atoms with van der Waals surface area (Å²) < 4.78 is 134.